The highest BCUT2D eigenvalue weighted by molar-refractivity contribution is 8.00. The van der Waals surface area contributed by atoms with Gasteiger partial charge in [0.05, 0.1) is 0 Å². The van der Waals surface area contributed by atoms with Crippen LogP contribution in [0.15, 0.2) is 17.0 Å². The normalized spacial score (nSPS) is 13.3. The van der Waals surface area contributed by atoms with Gasteiger partial charge in [-0.2, -0.15) is 0 Å². The number of aryl methyl sites for hydroxylation is 1. The fraction of sp³-hybridized carbons (Fsp3) is 0.500. The van der Waals surface area contributed by atoms with Crippen molar-refractivity contribution in [3.63, 3.8) is 0 Å². The van der Waals surface area contributed by atoms with E-state index < -0.39 is 0 Å². The second kappa shape index (κ2) is 4.99. The number of rotatable bonds is 3. The lowest BCUT2D eigenvalue weighted by molar-refractivity contribution is 0.610. The third-order valence-corrected chi connectivity index (χ3v) is 3.22. The van der Waals surface area contributed by atoms with E-state index in [2.05, 4.69) is 13.8 Å². The van der Waals surface area contributed by atoms with Crippen molar-refractivity contribution in [3.05, 3.63) is 29.1 Å². The Morgan fingerprint density at radius 2 is 1.87 bits per heavy atom. The molecule has 1 rings (SSSR count). The summed E-state index contributed by atoms with van der Waals surface area (Å²) >= 11 is 1.73. The average Bonchev–Trinajstić information content (AvgIpc) is 2.09. The summed E-state index contributed by atoms with van der Waals surface area (Å²) in [7, 11) is 0. The van der Waals surface area contributed by atoms with Crippen LogP contribution in [0.2, 0.25) is 0 Å². The van der Waals surface area contributed by atoms with Crippen LogP contribution in [0.4, 0.5) is 4.39 Å². The summed E-state index contributed by atoms with van der Waals surface area (Å²) < 4.78 is 13.4. The predicted octanol–water partition coefficient (Wildman–Crippen LogP) is 3.65. The highest BCUT2D eigenvalue weighted by atomic mass is 32.2. The maximum atomic E-state index is 13.4. The van der Waals surface area contributed by atoms with Gasteiger partial charge in [0.15, 0.2) is 0 Å². The molecule has 0 saturated carbocycles. The minimum atomic E-state index is -0.171. The molecule has 0 spiro atoms. The van der Waals surface area contributed by atoms with Crippen LogP contribution < -0.4 is 5.73 Å². The van der Waals surface area contributed by atoms with E-state index in [9.17, 15) is 4.39 Å². The molecule has 15 heavy (non-hydrogen) atoms. The molecule has 0 heterocycles. The molecule has 0 amide bonds. The van der Waals surface area contributed by atoms with E-state index in [1.54, 1.807) is 24.8 Å². The highest BCUT2D eigenvalue weighted by Gasteiger charge is 2.12. The van der Waals surface area contributed by atoms with Crippen molar-refractivity contribution in [2.24, 2.45) is 5.73 Å². The molecule has 1 aromatic carbocycles. The molecule has 3 heteroatoms. The average molecular weight is 227 g/mol. The third-order valence-electron chi connectivity index (χ3n) is 2.14. The van der Waals surface area contributed by atoms with Crippen LogP contribution in [-0.4, -0.2) is 5.25 Å². The number of hydrogen-bond donors (Lipinski definition) is 1. The Morgan fingerprint density at radius 3 is 2.33 bits per heavy atom. The SMILES string of the molecule is Cc1cc(SC(C)C)c(C(C)N)cc1F. The van der Waals surface area contributed by atoms with Crippen LogP contribution in [0.5, 0.6) is 0 Å². The molecule has 84 valence electrons. The fourth-order valence-corrected chi connectivity index (χ4v) is 2.52. The molecule has 0 bridgehead atoms. The zero-order valence-corrected chi connectivity index (χ0v) is 10.5. The second-order valence-electron chi connectivity index (χ2n) is 4.09. The van der Waals surface area contributed by atoms with Crippen molar-refractivity contribution < 1.29 is 4.39 Å². The summed E-state index contributed by atoms with van der Waals surface area (Å²) in [6.07, 6.45) is 0. The summed E-state index contributed by atoms with van der Waals surface area (Å²) in [6.45, 7) is 7.90. The molecule has 0 aromatic heterocycles. The van der Waals surface area contributed by atoms with Gasteiger partial charge in [0.2, 0.25) is 0 Å². The number of halogens is 1. The lowest BCUT2D eigenvalue weighted by atomic mass is 10.1. The fourth-order valence-electron chi connectivity index (χ4n) is 1.38. The number of benzene rings is 1. The van der Waals surface area contributed by atoms with Crippen LogP contribution in [0.25, 0.3) is 0 Å². The first-order chi connectivity index (χ1) is 6.91. The van der Waals surface area contributed by atoms with Crippen molar-refractivity contribution in [3.8, 4) is 0 Å². The first-order valence-electron chi connectivity index (χ1n) is 5.14. The van der Waals surface area contributed by atoms with E-state index in [1.165, 1.54) is 0 Å². The molecule has 0 aliphatic heterocycles. The molecule has 0 fully saturated rings. The zero-order chi connectivity index (χ0) is 11.6. The molecule has 1 nitrogen and oxygen atoms in total. The van der Waals surface area contributed by atoms with Crippen LogP contribution in [-0.2, 0) is 0 Å². The van der Waals surface area contributed by atoms with Gasteiger partial charge in [0, 0.05) is 16.2 Å². The summed E-state index contributed by atoms with van der Waals surface area (Å²) in [5.41, 5.74) is 7.41. The van der Waals surface area contributed by atoms with Crippen LogP contribution in [0.1, 0.15) is 37.9 Å². The van der Waals surface area contributed by atoms with Crippen molar-refractivity contribution in [2.75, 3.05) is 0 Å². The summed E-state index contributed by atoms with van der Waals surface area (Å²) in [6, 6.07) is 3.32. The standard InChI is InChI=1S/C12H18FNS/c1-7(2)15-12-5-8(3)11(13)6-10(12)9(4)14/h5-7,9H,14H2,1-4H3. The molecule has 2 N–H and O–H groups in total. The Labute approximate surface area is 95.2 Å². The minimum Gasteiger partial charge on any atom is -0.324 e. The van der Waals surface area contributed by atoms with Gasteiger partial charge in [-0.25, -0.2) is 4.39 Å². The second-order valence-corrected chi connectivity index (χ2v) is 5.71. The lowest BCUT2D eigenvalue weighted by Crippen LogP contribution is -2.08. The van der Waals surface area contributed by atoms with E-state index in [4.69, 9.17) is 5.73 Å². The smallest absolute Gasteiger partial charge is 0.126 e. The molecule has 1 aromatic rings. The number of nitrogens with two attached hydrogens (primary N) is 1. The summed E-state index contributed by atoms with van der Waals surface area (Å²) in [5.74, 6) is -0.171. The van der Waals surface area contributed by atoms with Gasteiger partial charge >= 0.3 is 0 Å². The van der Waals surface area contributed by atoms with E-state index in [-0.39, 0.29) is 11.9 Å². The Balaban J connectivity index is 3.16. The van der Waals surface area contributed by atoms with E-state index in [1.807, 2.05) is 13.0 Å². The maximum Gasteiger partial charge on any atom is 0.126 e. The van der Waals surface area contributed by atoms with Crippen molar-refractivity contribution in [1.82, 2.24) is 0 Å². The molecule has 0 aliphatic carbocycles. The first kappa shape index (κ1) is 12.5. The Morgan fingerprint density at radius 1 is 1.27 bits per heavy atom. The number of thioether (sulfide) groups is 1. The summed E-state index contributed by atoms with van der Waals surface area (Å²) in [4.78, 5) is 1.10. The molecule has 0 aliphatic rings. The zero-order valence-electron chi connectivity index (χ0n) is 9.67. The van der Waals surface area contributed by atoms with E-state index in [0.29, 0.717) is 10.8 Å². The van der Waals surface area contributed by atoms with Gasteiger partial charge in [-0.05, 0) is 37.1 Å². The highest BCUT2D eigenvalue weighted by Crippen LogP contribution is 2.31. The Bertz CT molecular complexity index is 348. The molecule has 1 unspecified atom stereocenters. The minimum absolute atomic E-state index is 0.124. The van der Waals surface area contributed by atoms with E-state index in [0.717, 1.165) is 10.5 Å². The Kier molecular flexibility index (Phi) is 4.17. The third kappa shape index (κ3) is 3.21. The molecule has 0 saturated heterocycles. The lowest BCUT2D eigenvalue weighted by Gasteiger charge is -2.15. The molecule has 0 radical (unpaired) electrons. The van der Waals surface area contributed by atoms with Gasteiger partial charge in [0.1, 0.15) is 5.82 Å². The van der Waals surface area contributed by atoms with E-state index >= 15 is 0 Å². The van der Waals surface area contributed by atoms with Gasteiger partial charge in [-0.15, -0.1) is 11.8 Å². The van der Waals surface area contributed by atoms with Gasteiger partial charge in [-0.3, -0.25) is 0 Å². The Hall–Kier alpha value is -0.540. The number of hydrogen-bond acceptors (Lipinski definition) is 2. The van der Waals surface area contributed by atoms with Crippen LogP contribution in [0.3, 0.4) is 0 Å². The van der Waals surface area contributed by atoms with Crippen LogP contribution in [0, 0.1) is 12.7 Å². The van der Waals surface area contributed by atoms with Gasteiger partial charge in [0.25, 0.3) is 0 Å². The predicted molar refractivity (Wildman–Crippen MR) is 64.7 cm³/mol. The van der Waals surface area contributed by atoms with Crippen molar-refractivity contribution in [2.45, 2.75) is 43.9 Å². The molecular formula is C12H18FNS. The van der Waals surface area contributed by atoms with Gasteiger partial charge in [-0.1, -0.05) is 13.8 Å². The largest absolute Gasteiger partial charge is 0.324 e. The maximum absolute atomic E-state index is 13.4. The van der Waals surface area contributed by atoms with Crippen LogP contribution >= 0.6 is 11.8 Å². The summed E-state index contributed by atoms with van der Waals surface area (Å²) in [5, 5.41) is 0.479. The van der Waals surface area contributed by atoms with Crippen molar-refractivity contribution in [1.29, 1.82) is 0 Å². The quantitative estimate of drug-likeness (QED) is 0.798. The monoisotopic (exact) mass is 227 g/mol. The van der Waals surface area contributed by atoms with Crippen molar-refractivity contribution >= 4 is 11.8 Å². The van der Waals surface area contributed by atoms with Gasteiger partial charge < -0.3 is 5.73 Å². The first-order valence-corrected chi connectivity index (χ1v) is 6.02. The topological polar surface area (TPSA) is 26.0 Å². The molecule has 1 atom stereocenters. The molecular weight excluding hydrogens is 209 g/mol.